The van der Waals surface area contributed by atoms with Crippen molar-refractivity contribution >= 4 is 52.7 Å². The van der Waals surface area contributed by atoms with E-state index in [1.165, 1.54) is 18.7 Å². The van der Waals surface area contributed by atoms with Crippen LogP contribution in [0.25, 0.3) is 0 Å². The van der Waals surface area contributed by atoms with E-state index in [0.29, 0.717) is 21.8 Å². The van der Waals surface area contributed by atoms with E-state index in [9.17, 15) is 29.1 Å². The maximum Gasteiger partial charge on any atom is 0.336 e. The predicted octanol–water partition coefficient (Wildman–Crippen LogP) is 4.27. The van der Waals surface area contributed by atoms with Gasteiger partial charge in [0.25, 0.3) is 5.91 Å². The second-order valence-corrected chi connectivity index (χ2v) is 8.37. The molecule has 178 valence electrons. The molecule has 0 spiro atoms. The van der Waals surface area contributed by atoms with E-state index in [0.717, 1.165) is 18.2 Å². The lowest BCUT2D eigenvalue weighted by atomic mass is 10.0. The highest BCUT2D eigenvalue weighted by atomic mass is 32.2. The van der Waals surface area contributed by atoms with Crippen LogP contribution in [-0.4, -0.2) is 45.5 Å². The highest BCUT2D eigenvalue weighted by Crippen LogP contribution is 2.23. The van der Waals surface area contributed by atoms with Crippen LogP contribution in [-0.2, 0) is 4.79 Å². The number of carboxylic acids is 2. The number of carbonyl (C=O) groups excluding carboxylic acids is 3. The molecule has 0 aromatic heterocycles. The molecule has 0 aliphatic carbocycles. The van der Waals surface area contributed by atoms with Gasteiger partial charge in [-0.2, -0.15) is 0 Å². The van der Waals surface area contributed by atoms with Crippen LogP contribution >= 0.6 is 11.8 Å². The van der Waals surface area contributed by atoms with Crippen molar-refractivity contribution in [2.45, 2.75) is 11.8 Å². The largest absolute Gasteiger partial charge is 0.478 e. The lowest BCUT2D eigenvalue weighted by molar-refractivity contribution is -0.113. The Labute approximate surface area is 204 Å². The molecule has 3 aromatic carbocycles. The number of aromatic carboxylic acids is 2. The van der Waals surface area contributed by atoms with Gasteiger partial charge in [0.15, 0.2) is 5.78 Å². The number of carboxylic acid groups (broad SMARTS) is 2. The lowest BCUT2D eigenvalue weighted by Crippen LogP contribution is -2.17. The van der Waals surface area contributed by atoms with Crippen LogP contribution in [0.1, 0.15) is 48.4 Å². The molecule has 3 aromatic rings. The molecule has 0 fully saturated rings. The van der Waals surface area contributed by atoms with E-state index in [4.69, 9.17) is 5.11 Å². The zero-order valence-electron chi connectivity index (χ0n) is 18.4. The van der Waals surface area contributed by atoms with Crippen molar-refractivity contribution in [3.8, 4) is 0 Å². The normalized spacial score (nSPS) is 10.3. The molecule has 0 aliphatic rings. The maximum atomic E-state index is 12.7. The Balaban J connectivity index is 1.63. The molecule has 9 nitrogen and oxygen atoms in total. The number of nitrogens with one attached hydrogen (secondary N) is 2. The fraction of sp³-hybridized carbons (Fsp3) is 0.0800. The topological polar surface area (TPSA) is 150 Å². The molecule has 0 unspecified atom stereocenters. The van der Waals surface area contributed by atoms with E-state index in [1.807, 2.05) is 0 Å². The molecule has 2 amide bonds. The summed E-state index contributed by atoms with van der Waals surface area (Å²) < 4.78 is 0. The molecule has 3 rings (SSSR count). The number of benzene rings is 3. The summed E-state index contributed by atoms with van der Waals surface area (Å²) in [5.41, 5.74) is 0.621. The SMILES string of the molecule is CC(=O)c1ccc(NC(=O)CSc2cccc(NC(=O)c3ccc(C(=O)O)cc3C(=O)O)c2)cc1. The molecule has 0 saturated carbocycles. The van der Waals surface area contributed by atoms with Gasteiger partial charge in [0.2, 0.25) is 5.91 Å². The summed E-state index contributed by atoms with van der Waals surface area (Å²) in [5, 5.41) is 23.8. The van der Waals surface area contributed by atoms with Crippen LogP contribution in [0.2, 0.25) is 0 Å². The Morgan fingerprint density at radius 3 is 2.06 bits per heavy atom. The zero-order chi connectivity index (χ0) is 25.5. The summed E-state index contributed by atoms with van der Waals surface area (Å²) in [4.78, 5) is 59.5. The first-order valence-corrected chi connectivity index (χ1v) is 11.2. The molecular formula is C25H20N2O7S. The molecule has 0 aliphatic heterocycles. The summed E-state index contributed by atoms with van der Waals surface area (Å²) in [6, 6.07) is 16.4. The lowest BCUT2D eigenvalue weighted by Gasteiger charge is -2.10. The van der Waals surface area contributed by atoms with Gasteiger partial charge in [-0.05, 0) is 67.6 Å². The van der Waals surface area contributed by atoms with Crippen LogP contribution < -0.4 is 10.6 Å². The van der Waals surface area contributed by atoms with Crippen molar-refractivity contribution in [1.82, 2.24) is 0 Å². The van der Waals surface area contributed by atoms with Crippen molar-refractivity contribution in [3.05, 3.63) is 89.0 Å². The van der Waals surface area contributed by atoms with Crippen LogP contribution in [0.4, 0.5) is 11.4 Å². The van der Waals surface area contributed by atoms with Crippen LogP contribution in [0.15, 0.2) is 71.6 Å². The third-order valence-corrected chi connectivity index (χ3v) is 5.77. The van der Waals surface area contributed by atoms with E-state index < -0.39 is 23.4 Å². The standard InChI is InChI=1S/C25H20N2O7S/c1-14(28)15-5-8-17(9-6-15)26-22(29)13-35-19-4-2-3-18(12-19)27-23(30)20-10-7-16(24(31)32)11-21(20)25(33)34/h2-12H,13H2,1H3,(H,26,29)(H,27,30)(H,31,32)(H,33,34). The van der Waals surface area contributed by atoms with Gasteiger partial charge in [0.1, 0.15) is 0 Å². The number of Topliss-reactive ketones (excluding diaryl/α,β-unsaturated/α-hetero) is 1. The monoisotopic (exact) mass is 492 g/mol. The Morgan fingerprint density at radius 1 is 0.743 bits per heavy atom. The van der Waals surface area contributed by atoms with Crippen molar-refractivity contribution in [2.75, 3.05) is 16.4 Å². The number of amides is 2. The van der Waals surface area contributed by atoms with Gasteiger partial charge >= 0.3 is 11.9 Å². The number of anilines is 2. The number of hydrogen-bond acceptors (Lipinski definition) is 6. The van der Waals surface area contributed by atoms with Gasteiger partial charge < -0.3 is 20.8 Å². The second kappa shape index (κ2) is 11.1. The minimum Gasteiger partial charge on any atom is -0.478 e. The van der Waals surface area contributed by atoms with Crippen molar-refractivity contribution in [1.29, 1.82) is 0 Å². The van der Waals surface area contributed by atoms with Gasteiger partial charge in [-0.25, -0.2) is 9.59 Å². The molecule has 0 radical (unpaired) electrons. The van der Waals surface area contributed by atoms with E-state index >= 15 is 0 Å². The van der Waals surface area contributed by atoms with E-state index in [2.05, 4.69) is 10.6 Å². The smallest absolute Gasteiger partial charge is 0.336 e. The van der Waals surface area contributed by atoms with Crippen LogP contribution in [0.3, 0.4) is 0 Å². The van der Waals surface area contributed by atoms with Crippen LogP contribution in [0.5, 0.6) is 0 Å². The maximum absolute atomic E-state index is 12.7. The highest BCUT2D eigenvalue weighted by Gasteiger charge is 2.19. The minimum atomic E-state index is -1.43. The van der Waals surface area contributed by atoms with Crippen LogP contribution in [0, 0.1) is 0 Å². The molecule has 35 heavy (non-hydrogen) atoms. The van der Waals surface area contributed by atoms with Gasteiger partial charge in [-0.3, -0.25) is 14.4 Å². The third kappa shape index (κ3) is 6.78. The predicted molar refractivity (Wildman–Crippen MR) is 131 cm³/mol. The number of thioether (sulfide) groups is 1. The Hall–Kier alpha value is -4.44. The van der Waals surface area contributed by atoms with Gasteiger partial charge in [0, 0.05) is 21.8 Å². The molecule has 0 saturated heterocycles. The number of carbonyl (C=O) groups is 5. The number of rotatable bonds is 9. The average Bonchev–Trinajstić information content (AvgIpc) is 2.82. The average molecular weight is 493 g/mol. The first-order valence-electron chi connectivity index (χ1n) is 10.2. The summed E-state index contributed by atoms with van der Waals surface area (Å²) in [5.74, 6) is -3.68. The van der Waals surface area contributed by atoms with Crippen molar-refractivity contribution in [2.24, 2.45) is 0 Å². The summed E-state index contributed by atoms with van der Waals surface area (Å²) in [7, 11) is 0. The Morgan fingerprint density at radius 2 is 1.43 bits per heavy atom. The molecule has 0 atom stereocenters. The minimum absolute atomic E-state index is 0.0677. The molecule has 10 heteroatoms. The molecule has 0 heterocycles. The van der Waals surface area contributed by atoms with Gasteiger partial charge in [0.05, 0.1) is 22.4 Å². The van der Waals surface area contributed by atoms with E-state index in [1.54, 1.807) is 48.5 Å². The molecular weight excluding hydrogens is 472 g/mol. The highest BCUT2D eigenvalue weighted by molar-refractivity contribution is 8.00. The first kappa shape index (κ1) is 25.2. The Bertz CT molecular complexity index is 1320. The van der Waals surface area contributed by atoms with Crippen molar-refractivity contribution in [3.63, 3.8) is 0 Å². The fourth-order valence-electron chi connectivity index (χ4n) is 3.05. The Kier molecular flexibility index (Phi) is 8.00. The first-order chi connectivity index (χ1) is 16.6. The second-order valence-electron chi connectivity index (χ2n) is 7.32. The fourth-order valence-corrected chi connectivity index (χ4v) is 3.80. The third-order valence-electron chi connectivity index (χ3n) is 4.78. The summed E-state index contributed by atoms with van der Waals surface area (Å²) >= 11 is 1.23. The van der Waals surface area contributed by atoms with Crippen molar-refractivity contribution < 1.29 is 34.2 Å². The summed E-state index contributed by atoms with van der Waals surface area (Å²) in [6.45, 7) is 1.46. The van der Waals surface area contributed by atoms with Gasteiger partial charge in [-0.1, -0.05) is 6.07 Å². The zero-order valence-corrected chi connectivity index (χ0v) is 19.2. The number of hydrogen-bond donors (Lipinski definition) is 4. The molecule has 4 N–H and O–H groups in total. The van der Waals surface area contributed by atoms with Gasteiger partial charge in [-0.15, -0.1) is 11.8 Å². The summed E-state index contributed by atoms with van der Waals surface area (Å²) in [6.07, 6.45) is 0. The quantitative estimate of drug-likeness (QED) is 0.255. The molecule has 0 bridgehead atoms. The van der Waals surface area contributed by atoms with E-state index in [-0.39, 0.29) is 28.6 Å². The number of ketones is 1.